The van der Waals surface area contributed by atoms with Crippen molar-refractivity contribution in [3.05, 3.63) is 46.6 Å². The summed E-state index contributed by atoms with van der Waals surface area (Å²) < 4.78 is 3.91. The minimum Gasteiger partial charge on any atom is -0.478 e. The average Bonchev–Trinajstić information content (AvgIpc) is 2.79. The van der Waals surface area contributed by atoms with Crippen molar-refractivity contribution >= 4 is 34.3 Å². The second-order valence-corrected chi connectivity index (χ2v) is 4.95. The molecule has 0 spiro atoms. The maximum Gasteiger partial charge on any atom is 0.340 e. The molecule has 1 aromatic heterocycles. The summed E-state index contributed by atoms with van der Waals surface area (Å²) in [6.07, 6.45) is 0. The monoisotopic (exact) mass is 305 g/mol. The predicted molar refractivity (Wildman–Crippen MR) is 76.7 cm³/mol. The van der Waals surface area contributed by atoms with Crippen LogP contribution in [0.2, 0.25) is 0 Å². The Balaban J connectivity index is 2.22. The molecule has 1 aromatic carbocycles. The number of amides is 2. The molecule has 0 aliphatic carbocycles. The molecule has 21 heavy (non-hydrogen) atoms. The van der Waals surface area contributed by atoms with Crippen LogP contribution in [-0.2, 0) is 0 Å². The number of hydrogen-bond donors (Lipinski definition) is 3. The van der Waals surface area contributed by atoms with Crippen molar-refractivity contribution in [3.63, 3.8) is 0 Å². The zero-order valence-electron chi connectivity index (χ0n) is 10.9. The number of nitrogens with zero attached hydrogens (tertiary/aromatic N) is 1. The van der Waals surface area contributed by atoms with Gasteiger partial charge in [-0.25, -0.2) is 4.79 Å². The quantitative estimate of drug-likeness (QED) is 0.790. The zero-order chi connectivity index (χ0) is 15.6. The Morgan fingerprint density at radius 2 is 1.76 bits per heavy atom. The lowest BCUT2D eigenvalue weighted by Crippen LogP contribution is -2.15. The minimum absolute atomic E-state index is 0.0258. The Kier molecular flexibility index (Phi) is 3.99. The van der Waals surface area contributed by atoms with Gasteiger partial charge < -0.3 is 16.2 Å². The lowest BCUT2D eigenvalue weighted by molar-refractivity contribution is 0.0697. The van der Waals surface area contributed by atoms with E-state index in [-0.39, 0.29) is 21.7 Å². The fourth-order valence-corrected chi connectivity index (χ4v) is 2.45. The third kappa shape index (κ3) is 3.06. The van der Waals surface area contributed by atoms with Gasteiger partial charge in [0.05, 0.1) is 5.69 Å². The molecule has 2 rings (SSSR count). The molecule has 0 unspecified atom stereocenters. The van der Waals surface area contributed by atoms with Crippen molar-refractivity contribution in [2.75, 3.05) is 5.32 Å². The number of carbonyl (C=O) groups is 3. The van der Waals surface area contributed by atoms with Gasteiger partial charge >= 0.3 is 5.97 Å². The van der Waals surface area contributed by atoms with Gasteiger partial charge in [0.2, 0.25) is 5.91 Å². The highest BCUT2D eigenvalue weighted by molar-refractivity contribution is 7.11. The van der Waals surface area contributed by atoms with E-state index >= 15 is 0 Å². The molecule has 108 valence electrons. The van der Waals surface area contributed by atoms with Crippen LogP contribution in [0.5, 0.6) is 0 Å². The molecule has 2 amide bonds. The van der Waals surface area contributed by atoms with Gasteiger partial charge in [0, 0.05) is 11.1 Å². The lowest BCUT2D eigenvalue weighted by Gasteiger charge is -2.04. The standard InChI is InChI=1S/C13H11N3O4S/c1-6-9(13(19)20)12(21-16-6)15-11(18)8-4-2-7(3-5-8)10(14)17/h2-5H,1H3,(H2,14,17)(H,15,18)(H,19,20). The number of carboxylic acid groups (broad SMARTS) is 1. The van der Waals surface area contributed by atoms with E-state index in [0.717, 1.165) is 11.5 Å². The number of hydrogen-bond acceptors (Lipinski definition) is 5. The molecule has 2 aromatic rings. The van der Waals surface area contributed by atoms with E-state index in [2.05, 4.69) is 9.69 Å². The van der Waals surface area contributed by atoms with Crippen molar-refractivity contribution in [2.45, 2.75) is 6.92 Å². The highest BCUT2D eigenvalue weighted by atomic mass is 32.1. The molecule has 0 atom stereocenters. The highest BCUT2D eigenvalue weighted by Crippen LogP contribution is 2.25. The molecular weight excluding hydrogens is 294 g/mol. The molecule has 7 nitrogen and oxygen atoms in total. The van der Waals surface area contributed by atoms with Crippen LogP contribution in [0.25, 0.3) is 0 Å². The number of nitrogens with two attached hydrogens (primary N) is 1. The van der Waals surface area contributed by atoms with Gasteiger partial charge in [-0.2, -0.15) is 4.37 Å². The van der Waals surface area contributed by atoms with Crippen molar-refractivity contribution in [2.24, 2.45) is 5.73 Å². The van der Waals surface area contributed by atoms with E-state index in [9.17, 15) is 14.4 Å². The van der Waals surface area contributed by atoms with Crippen LogP contribution in [0.4, 0.5) is 5.00 Å². The maximum atomic E-state index is 12.0. The van der Waals surface area contributed by atoms with Gasteiger partial charge in [-0.3, -0.25) is 9.59 Å². The number of aromatic nitrogens is 1. The van der Waals surface area contributed by atoms with Crippen molar-refractivity contribution in [3.8, 4) is 0 Å². The SMILES string of the molecule is Cc1nsc(NC(=O)c2ccc(C(N)=O)cc2)c1C(=O)O. The van der Waals surface area contributed by atoms with E-state index in [1.807, 2.05) is 0 Å². The van der Waals surface area contributed by atoms with Gasteiger partial charge in [-0.15, -0.1) is 0 Å². The first-order chi connectivity index (χ1) is 9.90. The van der Waals surface area contributed by atoms with E-state index in [0.29, 0.717) is 5.69 Å². The first kappa shape index (κ1) is 14.7. The van der Waals surface area contributed by atoms with Crippen LogP contribution < -0.4 is 11.1 Å². The largest absolute Gasteiger partial charge is 0.478 e. The molecular formula is C13H11N3O4S. The van der Waals surface area contributed by atoms with Crippen LogP contribution in [0.15, 0.2) is 24.3 Å². The molecule has 1 heterocycles. The number of rotatable bonds is 4. The van der Waals surface area contributed by atoms with Gasteiger partial charge in [-0.1, -0.05) is 0 Å². The third-order valence-corrected chi connectivity index (χ3v) is 3.59. The van der Waals surface area contributed by atoms with E-state index in [4.69, 9.17) is 10.8 Å². The number of benzene rings is 1. The van der Waals surface area contributed by atoms with Gasteiger partial charge in [0.25, 0.3) is 5.91 Å². The molecule has 0 aliphatic heterocycles. The summed E-state index contributed by atoms with van der Waals surface area (Å²) in [7, 11) is 0. The summed E-state index contributed by atoms with van der Waals surface area (Å²) in [5, 5.41) is 11.7. The highest BCUT2D eigenvalue weighted by Gasteiger charge is 2.19. The number of nitrogens with one attached hydrogen (secondary N) is 1. The number of carboxylic acids is 1. The first-order valence-corrected chi connectivity index (χ1v) is 6.58. The van der Waals surface area contributed by atoms with E-state index < -0.39 is 17.8 Å². The van der Waals surface area contributed by atoms with E-state index in [1.54, 1.807) is 6.92 Å². The van der Waals surface area contributed by atoms with Crippen molar-refractivity contribution < 1.29 is 19.5 Å². The Morgan fingerprint density at radius 1 is 1.19 bits per heavy atom. The van der Waals surface area contributed by atoms with Gasteiger partial charge in [0.1, 0.15) is 10.6 Å². The predicted octanol–water partition coefficient (Wildman–Crippen LogP) is 1.50. The fraction of sp³-hybridized carbons (Fsp3) is 0.0769. The fourth-order valence-electron chi connectivity index (χ4n) is 1.67. The molecule has 0 bridgehead atoms. The van der Waals surface area contributed by atoms with Crippen LogP contribution >= 0.6 is 11.5 Å². The molecule has 0 saturated heterocycles. The summed E-state index contributed by atoms with van der Waals surface area (Å²) in [5.74, 6) is -2.23. The van der Waals surface area contributed by atoms with Crippen LogP contribution in [-0.4, -0.2) is 27.3 Å². The smallest absolute Gasteiger partial charge is 0.340 e. The van der Waals surface area contributed by atoms with Gasteiger partial charge in [-0.05, 0) is 42.7 Å². The number of primary amides is 1. The normalized spacial score (nSPS) is 10.1. The third-order valence-electron chi connectivity index (χ3n) is 2.74. The van der Waals surface area contributed by atoms with Crippen molar-refractivity contribution in [1.82, 2.24) is 4.37 Å². The van der Waals surface area contributed by atoms with Gasteiger partial charge in [0.15, 0.2) is 0 Å². The topological polar surface area (TPSA) is 122 Å². The maximum absolute atomic E-state index is 12.0. The molecule has 0 saturated carbocycles. The molecule has 0 aliphatic rings. The van der Waals surface area contributed by atoms with Crippen molar-refractivity contribution in [1.29, 1.82) is 0 Å². The van der Waals surface area contributed by atoms with Crippen LogP contribution in [0, 0.1) is 6.92 Å². The first-order valence-electron chi connectivity index (χ1n) is 5.81. The number of aryl methyl sites for hydroxylation is 1. The Hall–Kier alpha value is -2.74. The average molecular weight is 305 g/mol. The Bertz CT molecular complexity index is 722. The lowest BCUT2D eigenvalue weighted by atomic mass is 10.1. The Labute approximate surface area is 123 Å². The second kappa shape index (κ2) is 5.71. The number of carbonyl (C=O) groups excluding carboxylic acids is 2. The summed E-state index contributed by atoms with van der Waals surface area (Å²) in [4.78, 5) is 34.1. The number of anilines is 1. The molecule has 4 N–H and O–H groups in total. The minimum atomic E-state index is -1.15. The Morgan fingerprint density at radius 3 is 2.29 bits per heavy atom. The van der Waals surface area contributed by atoms with Crippen LogP contribution in [0.3, 0.4) is 0 Å². The molecule has 0 radical (unpaired) electrons. The molecule has 0 fully saturated rings. The zero-order valence-corrected chi connectivity index (χ0v) is 11.7. The summed E-state index contributed by atoms with van der Waals surface area (Å²) in [5.41, 5.74) is 5.99. The second-order valence-electron chi connectivity index (χ2n) is 4.17. The van der Waals surface area contributed by atoms with E-state index in [1.165, 1.54) is 24.3 Å². The summed E-state index contributed by atoms with van der Waals surface area (Å²) in [6.45, 7) is 1.55. The number of aromatic carboxylic acids is 1. The molecule has 8 heteroatoms. The summed E-state index contributed by atoms with van der Waals surface area (Å²) in [6, 6.07) is 5.72. The summed E-state index contributed by atoms with van der Waals surface area (Å²) >= 11 is 0.899. The van der Waals surface area contributed by atoms with Crippen LogP contribution in [0.1, 0.15) is 36.8 Å².